The van der Waals surface area contributed by atoms with Crippen LogP contribution < -0.4 is 0 Å². The van der Waals surface area contributed by atoms with Gasteiger partial charge in [0.25, 0.3) is 0 Å². The number of ether oxygens (including phenoxy) is 1. The normalized spacial score (nSPS) is 17.9. The lowest BCUT2D eigenvalue weighted by Gasteiger charge is -2.36. The first kappa shape index (κ1) is 12.4. The number of piperidine rings is 1. The molecule has 1 heterocycles. The summed E-state index contributed by atoms with van der Waals surface area (Å²) in [7, 11) is 1.38. The van der Waals surface area contributed by atoms with E-state index < -0.39 is 5.41 Å². The third-order valence-corrected chi connectivity index (χ3v) is 3.59. The van der Waals surface area contributed by atoms with Crippen LogP contribution in [0.3, 0.4) is 0 Å². The maximum Gasteiger partial charge on any atom is 0.409 e. The molecular weight excluding hydrogens is 228 g/mol. The van der Waals surface area contributed by atoms with Crippen LogP contribution in [0.15, 0.2) is 30.3 Å². The number of amides is 1. The zero-order valence-corrected chi connectivity index (χ0v) is 10.4. The Balaban J connectivity index is 2.15. The number of nitriles is 1. The van der Waals surface area contributed by atoms with Gasteiger partial charge in [0.1, 0.15) is 0 Å². The summed E-state index contributed by atoms with van der Waals surface area (Å²) in [6.07, 6.45) is 1.00. The molecule has 0 bridgehead atoms. The highest BCUT2D eigenvalue weighted by Gasteiger charge is 2.37. The monoisotopic (exact) mass is 244 g/mol. The Morgan fingerprint density at radius 3 is 2.44 bits per heavy atom. The van der Waals surface area contributed by atoms with E-state index in [0.29, 0.717) is 25.9 Å². The van der Waals surface area contributed by atoms with Crippen LogP contribution in [0.5, 0.6) is 0 Å². The first-order valence-corrected chi connectivity index (χ1v) is 6.01. The first-order chi connectivity index (χ1) is 8.72. The molecule has 0 radical (unpaired) electrons. The van der Waals surface area contributed by atoms with Crippen molar-refractivity contribution in [1.82, 2.24) is 4.90 Å². The Bertz CT molecular complexity index is 456. The van der Waals surface area contributed by atoms with Gasteiger partial charge in [-0.05, 0) is 18.4 Å². The van der Waals surface area contributed by atoms with Crippen LogP contribution in [0.4, 0.5) is 4.79 Å². The largest absolute Gasteiger partial charge is 0.453 e. The fourth-order valence-electron chi connectivity index (χ4n) is 2.42. The number of rotatable bonds is 1. The maximum absolute atomic E-state index is 11.4. The van der Waals surface area contributed by atoms with Crippen molar-refractivity contribution in [3.63, 3.8) is 0 Å². The molecule has 0 atom stereocenters. The molecule has 0 saturated carbocycles. The van der Waals surface area contributed by atoms with E-state index in [2.05, 4.69) is 6.07 Å². The average molecular weight is 244 g/mol. The molecule has 0 aromatic heterocycles. The van der Waals surface area contributed by atoms with E-state index in [0.717, 1.165) is 5.56 Å². The van der Waals surface area contributed by atoms with Gasteiger partial charge in [-0.15, -0.1) is 0 Å². The summed E-state index contributed by atoms with van der Waals surface area (Å²) >= 11 is 0. The Kier molecular flexibility index (Phi) is 3.52. The van der Waals surface area contributed by atoms with Crippen LogP contribution in [0.1, 0.15) is 18.4 Å². The molecule has 1 aromatic carbocycles. The number of likely N-dealkylation sites (tertiary alicyclic amines) is 1. The molecule has 0 unspecified atom stereocenters. The molecule has 1 aliphatic heterocycles. The summed E-state index contributed by atoms with van der Waals surface area (Å²) in [6, 6.07) is 12.2. The number of hydrogen-bond donors (Lipinski definition) is 0. The highest BCUT2D eigenvalue weighted by Crippen LogP contribution is 2.34. The van der Waals surface area contributed by atoms with Gasteiger partial charge in [0, 0.05) is 13.1 Å². The predicted octanol–water partition coefficient (Wildman–Crippen LogP) is 2.31. The van der Waals surface area contributed by atoms with Gasteiger partial charge < -0.3 is 9.64 Å². The summed E-state index contributed by atoms with van der Waals surface area (Å²) in [5.74, 6) is 0. The van der Waals surface area contributed by atoms with Crippen LogP contribution in [-0.2, 0) is 10.2 Å². The second kappa shape index (κ2) is 5.09. The minimum Gasteiger partial charge on any atom is -0.453 e. The van der Waals surface area contributed by atoms with Gasteiger partial charge in [-0.3, -0.25) is 0 Å². The van der Waals surface area contributed by atoms with Gasteiger partial charge in [-0.25, -0.2) is 4.79 Å². The SMILES string of the molecule is COC(=O)N1CCC(C#N)(c2ccccc2)CC1. The number of carbonyl (C=O) groups excluding carboxylic acids is 1. The fraction of sp³-hybridized carbons (Fsp3) is 0.429. The van der Waals surface area contributed by atoms with Gasteiger partial charge in [-0.1, -0.05) is 30.3 Å². The highest BCUT2D eigenvalue weighted by atomic mass is 16.5. The van der Waals surface area contributed by atoms with Crippen LogP contribution in [0.2, 0.25) is 0 Å². The molecule has 0 aliphatic carbocycles. The number of hydrogen-bond acceptors (Lipinski definition) is 3. The standard InChI is InChI=1S/C14H16N2O2/c1-18-13(17)16-9-7-14(11-15,8-10-16)12-5-3-2-4-6-12/h2-6H,7-10H2,1H3. The summed E-state index contributed by atoms with van der Waals surface area (Å²) in [5.41, 5.74) is 0.572. The highest BCUT2D eigenvalue weighted by molar-refractivity contribution is 5.67. The number of carbonyl (C=O) groups is 1. The Labute approximate surface area is 107 Å². The third-order valence-electron chi connectivity index (χ3n) is 3.59. The molecule has 0 N–H and O–H groups in total. The van der Waals surface area contributed by atoms with Gasteiger partial charge in [0.2, 0.25) is 0 Å². The Morgan fingerprint density at radius 2 is 1.94 bits per heavy atom. The molecule has 4 heteroatoms. The topological polar surface area (TPSA) is 53.3 Å². The number of methoxy groups -OCH3 is 1. The molecule has 94 valence electrons. The summed E-state index contributed by atoms with van der Waals surface area (Å²) < 4.78 is 4.70. The minimum atomic E-state index is -0.466. The number of nitrogens with zero attached hydrogens (tertiary/aromatic N) is 2. The molecule has 4 nitrogen and oxygen atoms in total. The summed E-state index contributed by atoms with van der Waals surface area (Å²) in [4.78, 5) is 13.1. The smallest absolute Gasteiger partial charge is 0.409 e. The van der Waals surface area contributed by atoms with Crippen molar-refractivity contribution < 1.29 is 9.53 Å². The van der Waals surface area contributed by atoms with Crippen LogP contribution in [0.25, 0.3) is 0 Å². The Hall–Kier alpha value is -2.02. The lowest BCUT2D eigenvalue weighted by molar-refractivity contribution is 0.106. The third kappa shape index (κ3) is 2.17. The molecule has 1 aliphatic rings. The quantitative estimate of drug-likeness (QED) is 0.761. The van der Waals surface area contributed by atoms with E-state index in [1.54, 1.807) is 4.90 Å². The first-order valence-electron chi connectivity index (χ1n) is 6.01. The van der Waals surface area contributed by atoms with Gasteiger partial charge in [-0.2, -0.15) is 5.26 Å². The molecule has 1 aromatic rings. The lowest BCUT2D eigenvalue weighted by atomic mass is 9.74. The van der Waals surface area contributed by atoms with Crippen molar-refractivity contribution in [1.29, 1.82) is 5.26 Å². The molecular formula is C14H16N2O2. The molecule has 18 heavy (non-hydrogen) atoms. The van der Waals surface area contributed by atoms with Gasteiger partial charge in [0.15, 0.2) is 0 Å². The van der Waals surface area contributed by atoms with Crippen molar-refractivity contribution in [3.05, 3.63) is 35.9 Å². The van der Waals surface area contributed by atoms with E-state index in [9.17, 15) is 10.1 Å². The van der Waals surface area contributed by atoms with Crippen molar-refractivity contribution in [2.45, 2.75) is 18.3 Å². The van der Waals surface area contributed by atoms with Crippen molar-refractivity contribution >= 4 is 6.09 Å². The zero-order chi connectivity index (χ0) is 13.0. The van der Waals surface area contributed by atoms with E-state index >= 15 is 0 Å². The second-order valence-corrected chi connectivity index (χ2v) is 4.52. The number of benzene rings is 1. The predicted molar refractivity (Wildman–Crippen MR) is 66.9 cm³/mol. The van der Waals surface area contributed by atoms with Gasteiger partial charge >= 0.3 is 6.09 Å². The van der Waals surface area contributed by atoms with Crippen molar-refractivity contribution in [2.24, 2.45) is 0 Å². The maximum atomic E-state index is 11.4. The Morgan fingerprint density at radius 1 is 1.33 bits per heavy atom. The molecule has 1 amide bonds. The van der Waals surface area contributed by atoms with Crippen LogP contribution >= 0.6 is 0 Å². The van der Waals surface area contributed by atoms with E-state index in [1.165, 1.54) is 7.11 Å². The average Bonchev–Trinajstić information content (AvgIpc) is 2.47. The van der Waals surface area contributed by atoms with E-state index in [4.69, 9.17) is 4.74 Å². The van der Waals surface area contributed by atoms with Crippen LogP contribution in [-0.4, -0.2) is 31.2 Å². The minimum absolute atomic E-state index is 0.311. The van der Waals surface area contributed by atoms with Crippen LogP contribution in [0, 0.1) is 11.3 Å². The molecule has 2 rings (SSSR count). The van der Waals surface area contributed by atoms with Crippen molar-refractivity contribution in [2.75, 3.05) is 20.2 Å². The summed E-state index contributed by atoms with van der Waals surface area (Å²) in [5, 5.41) is 9.49. The molecule has 1 saturated heterocycles. The summed E-state index contributed by atoms with van der Waals surface area (Å²) in [6.45, 7) is 1.13. The second-order valence-electron chi connectivity index (χ2n) is 4.52. The van der Waals surface area contributed by atoms with E-state index in [1.807, 2.05) is 30.3 Å². The lowest BCUT2D eigenvalue weighted by Crippen LogP contribution is -2.44. The molecule has 0 spiro atoms. The van der Waals surface area contributed by atoms with Gasteiger partial charge in [0.05, 0.1) is 18.6 Å². The zero-order valence-electron chi connectivity index (χ0n) is 10.4. The molecule has 1 fully saturated rings. The fourth-order valence-corrected chi connectivity index (χ4v) is 2.42. The van der Waals surface area contributed by atoms with E-state index in [-0.39, 0.29) is 6.09 Å². The van der Waals surface area contributed by atoms with Crippen molar-refractivity contribution in [3.8, 4) is 6.07 Å².